The number of hydrogen-bond acceptors (Lipinski definition) is 3. The highest BCUT2D eigenvalue weighted by molar-refractivity contribution is 7.80. The van der Waals surface area contributed by atoms with Gasteiger partial charge in [-0.15, -0.1) is 0 Å². The second-order valence-corrected chi connectivity index (χ2v) is 14.5. The first-order chi connectivity index (χ1) is 24.7. The molecule has 4 rings (SSSR count). The predicted molar refractivity (Wildman–Crippen MR) is 224 cm³/mol. The van der Waals surface area contributed by atoms with Crippen molar-refractivity contribution in [2.45, 2.75) is 95.3 Å². The van der Waals surface area contributed by atoms with Gasteiger partial charge in [0, 0.05) is 24.9 Å². The molecule has 0 spiro atoms. The zero-order valence-corrected chi connectivity index (χ0v) is 31.7. The summed E-state index contributed by atoms with van der Waals surface area (Å²) in [6, 6.07) is 43.4. The summed E-state index contributed by atoms with van der Waals surface area (Å²) in [6.45, 7) is 3.87. The van der Waals surface area contributed by atoms with Crippen molar-refractivity contribution in [3.8, 4) is 0 Å². The van der Waals surface area contributed by atoms with Crippen LogP contribution in [0.25, 0.3) is 0 Å². The molecule has 0 aliphatic rings. The number of unbranched alkanes of at least 4 members (excludes halogenated alkanes) is 6. The van der Waals surface area contributed by atoms with Crippen molar-refractivity contribution in [1.82, 2.24) is 16.0 Å². The smallest absolute Gasteiger partial charge is 0.166 e. The van der Waals surface area contributed by atoms with E-state index in [2.05, 4.69) is 137 Å². The Labute approximate surface area is 314 Å². The minimum Gasteiger partial charge on any atom is -0.363 e. The molecule has 3 N–H and O–H groups in total. The molecule has 5 heteroatoms. The molecule has 0 amide bonds. The molecule has 0 aromatic heterocycles. The second kappa shape index (κ2) is 24.7. The van der Waals surface area contributed by atoms with Gasteiger partial charge in [0.15, 0.2) is 5.11 Å². The van der Waals surface area contributed by atoms with Crippen molar-refractivity contribution in [3.63, 3.8) is 0 Å². The Morgan fingerprint density at radius 3 is 1.32 bits per heavy atom. The van der Waals surface area contributed by atoms with Gasteiger partial charge in [0.05, 0.1) is 0 Å². The molecule has 3 nitrogen and oxygen atoms in total. The van der Waals surface area contributed by atoms with Crippen LogP contribution in [0.1, 0.15) is 118 Å². The van der Waals surface area contributed by atoms with Gasteiger partial charge in [-0.05, 0) is 104 Å². The van der Waals surface area contributed by atoms with E-state index in [0.29, 0.717) is 11.8 Å². The van der Waals surface area contributed by atoms with E-state index in [1.54, 1.807) is 0 Å². The van der Waals surface area contributed by atoms with Crippen molar-refractivity contribution in [2.24, 2.45) is 0 Å². The first kappa shape index (κ1) is 39.4. The van der Waals surface area contributed by atoms with Gasteiger partial charge in [0.2, 0.25) is 0 Å². The topological polar surface area (TPSA) is 36.1 Å². The van der Waals surface area contributed by atoms with Crippen LogP contribution in [0.2, 0.25) is 0 Å². The van der Waals surface area contributed by atoms with Crippen LogP contribution in [-0.2, 0) is 0 Å². The van der Waals surface area contributed by atoms with Crippen LogP contribution in [0.4, 0.5) is 0 Å². The van der Waals surface area contributed by atoms with E-state index in [9.17, 15) is 0 Å². The van der Waals surface area contributed by atoms with Crippen LogP contribution in [0, 0.1) is 0 Å². The molecular weight excluding hydrogens is 647 g/mol. The second-order valence-electron chi connectivity index (χ2n) is 13.5. The SMILES string of the molecule is S=C(CCCCCCCCCNCCCNC(=S)NCCC(c1ccccc1)c1ccccc1)CCCC(c1ccccc1)c1ccccc1. The van der Waals surface area contributed by atoms with E-state index < -0.39 is 0 Å². The van der Waals surface area contributed by atoms with Crippen LogP contribution < -0.4 is 16.0 Å². The molecule has 0 radical (unpaired) electrons. The van der Waals surface area contributed by atoms with Crippen molar-refractivity contribution in [2.75, 3.05) is 26.2 Å². The summed E-state index contributed by atoms with van der Waals surface area (Å²) in [5.74, 6) is 0.815. The summed E-state index contributed by atoms with van der Waals surface area (Å²) >= 11 is 11.3. The van der Waals surface area contributed by atoms with Gasteiger partial charge in [-0.3, -0.25) is 0 Å². The molecule has 266 valence electrons. The lowest BCUT2D eigenvalue weighted by Crippen LogP contribution is -2.37. The first-order valence-electron chi connectivity index (χ1n) is 19.1. The molecule has 0 unspecified atom stereocenters. The Morgan fingerprint density at radius 1 is 0.400 bits per heavy atom. The largest absolute Gasteiger partial charge is 0.363 e. The maximum Gasteiger partial charge on any atom is 0.166 e. The average Bonchev–Trinajstić information content (AvgIpc) is 3.16. The molecule has 0 bridgehead atoms. The predicted octanol–water partition coefficient (Wildman–Crippen LogP) is 11.1. The van der Waals surface area contributed by atoms with Gasteiger partial charge in [-0.2, -0.15) is 0 Å². The van der Waals surface area contributed by atoms with Gasteiger partial charge in [-0.1, -0.05) is 166 Å². The zero-order chi connectivity index (χ0) is 34.9. The maximum atomic E-state index is 5.77. The molecule has 0 saturated heterocycles. The summed E-state index contributed by atoms with van der Waals surface area (Å²) in [5, 5.41) is 11.1. The Kier molecular flexibility index (Phi) is 19.5. The summed E-state index contributed by atoms with van der Waals surface area (Å²) in [6.07, 6.45) is 15.7. The summed E-state index contributed by atoms with van der Waals surface area (Å²) in [5.41, 5.74) is 5.51. The molecule has 0 fully saturated rings. The zero-order valence-electron chi connectivity index (χ0n) is 30.0. The quantitative estimate of drug-likeness (QED) is 0.0473. The van der Waals surface area contributed by atoms with E-state index in [-0.39, 0.29) is 0 Å². The number of nitrogens with one attached hydrogen (secondary N) is 3. The number of benzene rings is 4. The van der Waals surface area contributed by atoms with Gasteiger partial charge in [0.1, 0.15) is 0 Å². The fourth-order valence-corrected chi connectivity index (χ4v) is 7.30. The summed E-state index contributed by atoms with van der Waals surface area (Å²) < 4.78 is 0. The van der Waals surface area contributed by atoms with Gasteiger partial charge in [-0.25, -0.2) is 0 Å². The summed E-state index contributed by atoms with van der Waals surface area (Å²) in [4.78, 5) is 1.26. The summed E-state index contributed by atoms with van der Waals surface area (Å²) in [7, 11) is 0. The normalized spacial score (nSPS) is 11.2. The Morgan fingerprint density at radius 2 is 0.800 bits per heavy atom. The van der Waals surface area contributed by atoms with Gasteiger partial charge >= 0.3 is 0 Å². The van der Waals surface area contributed by atoms with Crippen molar-refractivity contribution in [1.29, 1.82) is 0 Å². The van der Waals surface area contributed by atoms with E-state index >= 15 is 0 Å². The third kappa shape index (κ3) is 15.7. The maximum absolute atomic E-state index is 5.77. The Balaban J connectivity index is 0.928. The lowest BCUT2D eigenvalue weighted by molar-refractivity contribution is 0.553. The van der Waals surface area contributed by atoms with Gasteiger partial charge < -0.3 is 16.0 Å². The third-order valence-electron chi connectivity index (χ3n) is 9.60. The third-order valence-corrected chi connectivity index (χ3v) is 10.3. The number of rotatable bonds is 25. The number of hydrogen-bond donors (Lipinski definition) is 3. The fraction of sp³-hybridized carbons (Fsp3) is 0.422. The standard InChI is InChI=1S/C45H59N3S2/c49-42(31-20-32-43(38-22-10-6-11-23-38)39-24-12-7-13-25-39)30-18-4-2-1-3-5-19-34-46-35-21-36-47-45(50)48-37-33-44(40-26-14-8-15-27-40)41-28-16-9-17-29-41/h6-17,22-29,43-44,46H,1-5,18-21,30-37H2,(H2,47,48,50). The van der Waals surface area contributed by atoms with E-state index in [4.69, 9.17) is 24.4 Å². The van der Waals surface area contributed by atoms with Crippen LogP contribution in [0.5, 0.6) is 0 Å². The minimum absolute atomic E-state index is 0.362. The molecule has 4 aromatic rings. The first-order valence-corrected chi connectivity index (χ1v) is 20.0. The monoisotopic (exact) mass is 705 g/mol. The molecule has 0 aliphatic heterocycles. The van der Waals surface area contributed by atoms with Crippen LogP contribution in [0.15, 0.2) is 121 Å². The highest BCUT2D eigenvalue weighted by Crippen LogP contribution is 2.30. The molecular formula is C45H59N3S2. The molecule has 4 aromatic carbocycles. The molecule has 50 heavy (non-hydrogen) atoms. The fourth-order valence-electron chi connectivity index (χ4n) is 6.81. The Bertz CT molecular complexity index is 1260. The molecule has 0 heterocycles. The van der Waals surface area contributed by atoms with Crippen LogP contribution >= 0.6 is 24.4 Å². The number of thiocarbonyl (C=S) groups is 2. The minimum atomic E-state index is 0.362. The van der Waals surface area contributed by atoms with Gasteiger partial charge in [0.25, 0.3) is 0 Å². The van der Waals surface area contributed by atoms with E-state index in [0.717, 1.165) is 69.8 Å². The van der Waals surface area contributed by atoms with Crippen molar-refractivity contribution in [3.05, 3.63) is 144 Å². The highest BCUT2D eigenvalue weighted by atomic mass is 32.1. The Hall–Kier alpha value is -3.38. The average molecular weight is 706 g/mol. The van der Waals surface area contributed by atoms with Crippen LogP contribution in [0.3, 0.4) is 0 Å². The van der Waals surface area contributed by atoms with E-state index in [1.807, 2.05) is 0 Å². The molecule has 0 saturated carbocycles. The van der Waals surface area contributed by atoms with Crippen molar-refractivity contribution < 1.29 is 0 Å². The molecule has 0 aliphatic carbocycles. The van der Waals surface area contributed by atoms with Crippen molar-refractivity contribution >= 4 is 34.4 Å². The highest BCUT2D eigenvalue weighted by Gasteiger charge is 2.15. The lowest BCUT2D eigenvalue weighted by Gasteiger charge is -2.19. The van der Waals surface area contributed by atoms with Crippen LogP contribution in [-0.4, -0.2) is 36.2 Å². The molecule has 0 atom stereocenters. The lowest BCUT2D eigenvalue weighted by atomic mass is 9.87. The van der Waals surface area contributed by atoms with E-state index in [1.165, 1.54) is 72.1 Å².